The predicted octanol–water partition coefficient (Wildman–Crippen LogP) is 0.173. The number of carbonyl (C=O) groups is 1. The smallest absolute Gasteiger partial charge is 0.238 e. The number of hydrogen-bond donors (Lipinski definition) is 1. The van der Waals surface area contributed by atoms with Gasteiger partial charge in [-0.25, -0.2) is 8.42 Å². The Morgan fingerprint density at radius 3 is 2.71 bits per heavy atom. The van der Waals surface area contributed by atoms with Gasteiger partial charge in [-0.15, -0.1) is 0 Å². The third-order valence-corrected chi connectivity index (χ3v) is 3.92. The number of sulfone groups is 1. The van der Waals surface area contributed by atoms with Crippen molar-refractivity contribution < 1.29 is 13.2 Å². The molecule has 1 heterocycles. The highest BCUT2D eigenvalue weighted by atomic mass is 32.2. The van der Waals surface area contributed by atoms with E-state index in [-0.39, 0.29) is 0 Å². The van der Waals surface area contributed by atoms with Crippen molar-refractivity contribution in [2.24, 2.45) is 0 Å². The van der Waals surface area contributed by atoms with Gasteiger partial charge >= 0.3 is 0 Å². The zero-order chi connectivity index (χ0) is 12.9. The molecule has 0 aliphatic heterocycles. The van der Waals surface area contributed by atoms with E-state index in [0.717, 1.165) is 11.9 Å². The zero-order valence-electron chi connectivity index (χ0n) is 9.88. The van der Waals surface area contributed by atoms with Crippen molar-refractivity contribution in [3.63, 3.8) is 0 Å². The van der Waals surface area contributed by atoms with Crippen LogP contribution in [0.1, 0.15) is 12.6 Å². The van der Waals surface area contributed by atoms with Gasteiger partial charge in [0, 0.05) is 31.1 Å². The number of pyridine rings is 1. The van der Waals surface area contributed by atoms with Crippen molar-refractivity contribution in [2.45, 2.75) is 18.6 Å². The first kappa shape index (κ1) is 13.6. The summed E-state index contributed by atoms with van der Waals surface area (Å²) in [7, 11) is -3.32. The SMILES string of the molecule is CC(C(=O)NCCc1ccccn1)S(C)(=O)=O. The minimum atomic E-state index is -3.32. The van der Waals surface area contributed by atoms with Gasteiger partial charge in [-0.2, -0.15) is 0 Å². The molecule has 1 N–H and O–H groups in total. The molecule has 1 atom stereocenters. The molecule has 0 aliphatic rings. The Hall–Kier alpha value is -1.43. The maximum absolute atomic E-state index is 11.5. The monoisotopic (exact) mass is 256 g/mol. The number of hydrogen-bond acceptors (Lipinski definition) is 4. The highest BCUT2D eigenvalue weighted by Crippen LogP contribution is 1.98. The molecule has 0 saturated heterocycles. The van der Waals surface area contributed by atoms with Crippen LogP contribution in [-0.2, 0) is 21.1 Å². The lowest BCUT2D eigenvalue weighted by molar-refractivity contribution is -0.120. The summed E-state index contributed by atoms with van der Waals surface area (Å²) in [5.74, 6) is -0.469. The molecule has 1 aromatic heterocycles. The largest absolute Gasteiger partial charge is 0.355 e. The minimum absolute atomic E-state index is 0.385. The Morgan fingerprint density at radius 2 is 2.18 bits per heavy atom. The van der Waals surface area contributed by atoms with E-state index >= 15 is 0 Å². The topological polar surface area (TPSA) is 76.1 Å². The quantitative estimate of drug-likeness (QED) is 0.815. The molecule has 0 spiro atoms. The molecule has 1 amide bonds. The van der Waals surface area contributed by atoms with Crippen molar-refractivity contribution in [2.75, 3.05) is 12.8 Å². The lowest BCUT2D eigenvalue weighted by Gasteiger charge is -2.09. The van der Waals surface area contributed by atoms with Crippen LogP contribution in [-0.4, -0.2) is 37.4 Å². The molecule has 6 heteroatoms. The summed E-state index contributed by atoms with van der Waals surface area (Å²) in [6, 6.07) is 5.53. The maximum Gasteiger partial charge on any atom is 0.238 e. The third kappa shape index (κ3) is 4.52. The Labute approximate surface area is 101 Å². The van der Waals surface area contributed by atoms with Gasteiger partial charge in [0.25, 0.3) is 0 Å². The van der Waals surface area contributed by atoms with E-state index < -0.39 is 21.0 Å². The predicted molar refractivity (Wildman–Crippen MR) is 65.3 cm³/mol. The molecular weight excluding hydrogens is 240 g/mol. The van der Waals surface area contributed by atoms with Crippen molar-refractivity contribution in [3.8, 4) is 0 Å². The first-order chi connectivity index (χ1) is 7.91. The summed E-state index contributed by atoms with van der Waals surface area (Å²) in [5.41, 5.74) is 0.861. The van der Waals surface area contributed by atoms with Gasteiger partial charge in [-0.05, 0) is 19.1 Å². The van der Waals surface area contributed by atoms with Crippen LogP contribution in [0.25, 0.3) is 0 Å². The first-order valence-corrected chi connectivity index (χ1v) is 7.23. The summed E-state index contributed by atoms with van der Waals surface area (Å²) in [6.07, 6.45) is 3.31. The number of nitrogens with zero attached hydrogens (tertiary/aromatic N) is 1. The lowest BCUT2D eigenvalue weighted by Crippen LogP contribution is -2.38. The van der Waals surface area contributed by atoms with Crippen LogP contribution in [0.5, 0.6) is 0 Å². The van der Waals surface area contributed by atoms with Gasteiger partial charge in [-0.1, -0.05) is 6.07 Å². The molecule has 1 aromatic rings. The number of nitrogens with one attached hydrogen (secondary N) is 1. The second kappa shape index (κ2) is 5.77. The van der Waals surface area contributed by atoms with Crippen LogP contribution in [0, 0.1) is 0 Å². The third-order valence-electron chi connectivity index (χ3n) is 2.42. The fourth-order valence-electron chi connectivity index (χ4n) is 1.20. The van der Waals surface area contributed by atoms with Gasteiger partial charge in [0.05, 0.1) is 0 Å². The number of carbonyl (C=O) groups excluding carboxylic acids is 1. The van der Waals surface area contributed by atoms with E-state index in [4.69, 9.17) is 0 Å². The van der Waals surface area contributed by atoms with Crippen LogP contribution < -0.4 is 5.32 Å². The molecule has 0 radical (unpaired) electrons. The molecule has 1 rings (SSSR count). The molecule has 0 aromatic carbocycles. The van der Waals surface area contributed by atoms with Gasteiger partial charge < -0.3 is 5.32 Å². The molecule has 94 valence electrons. The van der Waals surface area contributed by atoms with E-state index in [9.17, 15) is 13.2 Å². The second-order valence-electron chi connectivity index (χ2n) is 3.83. The average molecular weight is 256 g/mol. The van der Waals surface area contributed by atoms with E-state index in [1.807, 2.05) is 18.2 Å². The van der Waals surface area contributed by atoms with E-state index in [0.29, 0.717) is 13.0 Å². The van der Waals surface area contributed by atoms with E-state index in [2.05, 4.69) is 10.3 Å². The fourth-order valence-corrected chi connectivity index (χ4v) is 1.67. The minimum Gasteiger partial charge on any atom is -0.355 e. The van der Waals surface area contributed by atoms with Crippen LogP contribution in [0.3, 0.4) is 0 Å². The highest BCUT2D eigenvalue weighted by Gasteiger charge is 2.22. The Balaban J connectivity index is 2.40. The molecule has 0 saturated carbocycles. The van der Waals surface area contributed by atoms with E-state index in [1.54, 1.807) is 6.20 Å². The van der Waals surface area contributed by atoms with Gasteiger partial charge in [-0.3, -0.25) is 9.78 Å². The average Bonchev–Trinajstić information content (AvgIpc) is 2.28. The fraction of sp³-hybridized carbons (Fsp3) is 0.455. The van der Waals surface area contributed by atoms with Crippen molar-refractivity contribution in [1.82, 2.24) is 10.3 Å². The molecule has 5 nitrogen and oxygen atoms in total. The van der Waals surface area contributed by atoms with Crippen LogP contribution >= 0.6 is 0 Å². The Kier molecular flexibility index (Phi) is 4.62. The second-order valence-corrected chi connectivity index (χ2v) is 6.20. The van der Waals surface area contributed by atoms with Gasteiger partial charge in [0.1, 0.15) is 5.25 Å². The van der Waals surface area contributed by atoms with Crippen LogP contribution in [0.4, 0.5) is 0 Å². The van der Waals surface area contributed by atoms with Crippen molar-refractivity contribution >= 4 is 15.7 Å². The summed E-state index contributed by atoms with van der Waals surface area (Å²) in [4.78, 5) is 15.6. The van der Waals surface area contributed by atoms with Crippen molar-refractivity contribution in [3.05, 3.63) is 30.1 Å². The number of amides is 1. The zero-order valence-corrected chi connectivity index (χ0v) is 10.7. The Bertz CT molecular complexity index is 471. The molecular formula is C11H16N2O3S. The standard InChI is InChI=1S/C11H16N2O3S/c1-9(17(2,15)16)11(14)13-8-6-10-5-3-4-7-12-10/h3-5,7,9H,6,8H2,1-2H3,(H,13,14). The van der Waals surface area contributed by atoms with Gasteiger partial charge in [0.2, 0.25) is 5.91 Å². The summed E-state index contributed by atoms with van der Waals surface area (Å²) in [5, 5.41) is 1.57. The molecule has 0 bridgehead atoms. The van der Waals surface area contributed by atoms with Gasteiger partial charge in [0.15, 0.2) is 9.84 Å². The number of rotatable bonds is 5. The van der Waals surface area contributed by atoms with E-state index in [1.165, 1.54) is 6.92 Å². The Morgan fingerprint density at radius 1 is 1.47 bits per heavy atom. The molecule has 17 heavy (non-hydrogen) atoms. The van der Waals surface area contributed by atoms with Crippen molar-refractivity contribution in [1.29, 1.82) is 0 Å². The normalized spacial score (nSPS) is 13.1. The first-order valence-electron chi connectivity index (χ1n) is 5.28. The van der Waals surface area contributed by atoms with Crippen LogP contribution in [0.15, 0.2) is 24.4 Å². The summed E-state index contributed by atoms with van der Waals surface area (Å²) in [6.45, 7) is 1.77. The number of aromatic nitrogens is 1. The molecule has 0 fully saturated rings. The molecule has 1 unspecified atom stereocenters. The summed E-state index contributed by atoms with van der Waals surface area (Å²) >= 11 is 0. The maximum atomic E-state index is 11.5. The lowest BCUT2D eigenvalue weighted by atomic mass is 10.2. The summed E-state index contributed by atoms with van der Waals surface area (Å²) < 4.78 is 22.3. The van der Waals surface area contributed by atoms with Crippen LogP contribution in [0.2, 0.25) is 0 Å². The molecule has 0 aliphatic carbocycles. The highest BCUT2D eigenvalue weighted by molar-refractivity contribution is 7.92.